The highest BCUT2D eigenvalue weighted by Crippen LogP contribution is 2.37. The summed E-state index contributed by atoms with van der Waals surface area (Å²) in [4.78, 5) is 26.5. The third-order valence-electron chi connectivity index (χ3n) is 5.55. The van der Waals surface area contributed by atoms with E-state index in [0.717, 1.165) is 17.7 Å². The molecule has 0 aromatic heterocycles. The topological polar surface area (TPSA) is 85.2 Å². The first-order valence-corrected chi connectivity index (χ1v) is 10.2. The normalized spacial score (nSPS) is 14.2. The quantitative estimate of drug-likeness (QED) is 0.454. The van der Waals surface area contributed by atoms with Crippen molar-refractivity contribution in [3.05, 3.63) is 57.6 Å². The Morgan fingerprint density at radius 2 is 1.70 bits per heavy atom. The van der Waals surface area contributed by atoms with E-state index in [1.165, 1.54) is 7.11 Å². The van der Waals surface area contributed by atoms with Crippen LogP contribution in [0, 0.1) is 10.1 Å². The Hall–Kier alpha value is -3.50. The zero-order chi connectivity index (χ0) is 24.2. The molecule has 1 amide bonds. The minimum absolute atomic E-state index is 0.0636. The predicted molar refractivity (Wildman–Crippen MR) is 115 cm³/mol. The summed E-state index contributed by atoms with van der Waals surface area (Å²) in [5.74, 6) is 1.11. The van der Waals surface area contributed by atoms with E-state index in [2.05, 4.69) is 0 Å². The molecule has 2 aromatic carbocycles. The molecule has 1 aliphatic rings. The maximum absolute atomic E-state index is 12.9. The first kappa shape index (κ1) is 24.1. The van der Waals surface area contributed by atoms with Crippen molar-refractivity contribution in [1.82, 2.24) is 4.90 Å². The van der Waals surface area contributed by atoms with Crippen LogP contribution in [-0.2, 0) is 17.4 Å². The lowest BCUT2D eigenvalue weighted by Crippen LogP contribution is -2.49. The van der Waals surface area contributed by atoms with E-state index in [1.807, 2.05) is 12.1 Å². The fourth-order valence-corrected chi connectivity index (χ4v) is 3.76. The van der Waals surface area contributed by atoms with Crippen LogP contribution in [0.5, 0.6) is 11.5 Å². The molecule has 1 aliphatic heterocycles. The Morgan fingerprint density at radius 3 is 2.27 bits per heavy atom. The molecule has 3 rings (SSSR count). The first-order valence-electron chi connectivity index (χ1n) is 10.2. The Balaban J connectivity index is 1.61. The Bertz CT molecular complexity index is 1020. The molecule has 0 N–H and O–H groups in total. The number of nitro benzene ring substituents is 1. The molecule has 11 heteroatoms. The molecular weight excluding hydrogens is 443 g/mol. The summed E-state index contributed by atoms with van der Waals surface area (Å²) in [6, 6.07) is 7.95. The van der Waals surface area contributed by atoms with Crippen LogP contribution in [0.2, 0.25) is 0 Å². The van der Waals surface area contributed by atoms with Gasteiger partial charge in [-0.25, -0.2) is 0 Å². The second-order valence-corrected chi connectivity index (χ2v) is 7.52. The van der Waals surface area contributed by atoms with Gasteiger partial charge in [0, 0.05) is 38.7 Å². The molecule has 178 valence electrons. The van der Waals surface area contributed by atoms with E-state index in [4.69, 9.17) is 9.47 Å². The van der Waals surface area contributed by atoms with E-state index < -0.39 is 22.4 Å². The van der Waals surface area contributed by atoms with Crippen LogP contribution in [0.3, 0.4) is 0 Å². The van der Waals surface area contributed by atoms with Crippen LogP contribution >= 0.6 is 0 Å². The van der Waals surface area contributed by atoms with Crippen LogP contribution < -0.4 is 14.4 Å². The third kappa shape index (κ3) is 5.65. The number of nitrogens with zero attached hydrogens (tertiary/aromatic N) is 3. The zero-order valence-electron chi connectivity index (χ0n) is 18.2. The van der Waals surface area contributed by atoms with Gasteiger partial charge in [-0.15, -0.1) is 0 Å². The van der Waals surface area contributed by atoms with E-state index in [9.17, 15) is 28.1 Å². The molecule has 1 fully saturated rings. The van der Waals surface area contributed by atoms with E-state index in [0.29, 0.717) is 37.1 Å². The number of ether oxygens (including phenoxy) is 2. The van der Waals surface area contributed by atoms with Crippen molar-refractivity contribution in [1.29, 1.82) is 0 Å². The molecule has 1 heterocycles. The number of halogens is 3. The number of methoxy groups -OCH3 is 2. The highest BCUT2D eigenvalue weighted by molar-refractivity contribution is 5.77. The Labute approximate surface area is 188 Å². The molecule has 0 aliphatic carbocycles. The standard InChI is InChI=1S/C22H24F3N3O5/c1-32-19-7-3-15(13-20(19)33-2)4-8-21(29)27-11-9-26(10-12-27)17-6-5-16(22(23,24)25)14-18(17)28(30)31/h3,5-7,13-14H,4,8-12H2,1-2H3. The molecule has 2 aromatic rings. The second kappa shape index (κ2) is 9.97. The lowest BCUT2D eigenvalue weighted by atomic mass is 10.1. The smallest absolute Gasteiger partial charge is 0.416 e. The number of benzene rings is 2. The largest absolute Gasteiger partial charge is 0.493 e. The molecule has 1 saturated heterocycles. The summed E-state index contributed by atoms with van der Waals surface area (Å²) in [6.07, 6.45) is -3.89. The van der Waals surface area contributed by atoms with Crippen molar-refractivity contribution in [2.24, 2.45) is 0 Å². The molecule has 0 unspecified atom stereocenters. The average Bonchev–Trinajstić information content (AvgIpc) is 2.81. The monoisotopic (exact) mass is 467 g/mol. The SMILES string of the molecule is COc1ccc(CCC(=O)N2CCN(c3ccc(C(F)(F)F)cc3[N+](=O)[O-])CC2)cc1OC. The van der Waals surface area contributed by atoms with Crippen LogP contribution in [0.4, 0.5) is 24.5 Å². The van der Waals surface area contributed by atoms with Crippen molar-refractivity contribution in [3.8, 4) is 11.5 Å². The number of nitro groups is 1. The van der Waals surface area contributed by atoms with Gasteiger partial charge in [-0.05, 0) is 36.2 Å². The van der Waals surface area contributed by atoms with Gasteiger partial charge in [0.25, 0.3) is 5.69 Å². The summed E-state index contributed by atoms with van der Waals surface area (Å²) < 4.78 is 49.3. The highest BCUT2D eigenvalue weighted by atomic mass is 19.4. The minimum Gasteiger partial charge on any atom is -0.493 e. The van der Waals surface area contributed by atoms with Crippen molar-refractivity contribution >= 4 is 17.3 Å². The van der Waals surface area contributed by atoms with Gasteiger partial charge in [0.15, 0.2) is 11.5 Å². The highest BCUT2D eigenvalue weighted by Gasteiger charge is 2.34. The molecule has 0 atom stereocenters. The number of rotatable bonds is 7. The van der Waals surface area contributed by atoms with Gasteiger partial charge in [-0.2, -0.15) is 13.2 Å². The van der Waals surface area contributed by atoms with Gasteiger partial charge in [0.05, 0.1) is 24.7 Å². The summed E-state index contributed by atoms with van der Waals surface area (Å²) >= 11 is 0. The van der Waals surface area contributed by atoms with Crippen molar-refractivity contribution in [2.45, 2.75) is 19.0 Å². The van der Waals surface area contributed by atoms with Gasteiger partial charge in [-0.3, -0.25) is 14.9 Å². The van der Waals surface area contributed by atoms with E-state index >= 15 is 0 Å². The number of carbonyl (C=O) groups is 1. The maximum Gasteiger partial charge on any atom is 0.416 e. The lowest BCUT2D eigenvalue weighted by molar-refractivity contribution is -0.384. The predicted octanol–water partition coefficient (Wildman–Crippen LogP) is 3.91. The summed E-state index contributed by atoms with van der Waals surface area (Å²) in [5, 5.41) is 11.4. The van der Waals surface area contributed by atoms with Gasteiger partial charge < -0.3 is 19.3 Å². The number of carbonyl (C=O) groups excluding carboxylic acids is 1. The first-order chi connectivity index (χ1) is 15.6. The number of hydrogen-bond acceptors (Lipinski definition) is 6. The van der Waals surface area contributed by atoms with Crippen LogP contribution in [-0.4, -0.2) is 56.1 Å². The zero-order valence-corrected chi connectivity index (χ0v) is 18.2. The van der Waals surface area contributed by atoms with Crippen molar-refractivity contribution in [2.75, 3.05) is 45.3 Å². The maximum atomic E-state index is 12.9. The molecule has 8 nitrogen and oxygen atoms in total. The minimum atomic E-state index is -4.66. The fraction of sp³-hybridized carbons (Fsp3) is 0.409. The van der Waals surface area contributed by atoms with E-state index in [-0.39, 0.29) is 31.1 Å². The number of anilines is 1. The van der Waals surface area contributed by atoms with Crippen LogP contribution in [0.15, 0.2) is 36.4 Å². The van der Waals surface area contributed by atoms with E-state index in [1.54, 1.807) is 23.0 Å². The summed E-state index contributed by atoms with van der Waals surface area (Å²) in [7, 11) is 3.08. The number of hydrogen-bond donors (Lipinski definition) is 0. The fourth-order valence-electron chi connectivity index (χ4n) is 3.76. The number of alkyl halides is 3. The average molecular weight is 467 g/mol. The number of aryl methyl sites for hydroxylation is 1. The summed E-state index contributed by atoms with van der Waals surface area (Å²) in [6.45, 7) is 1.22. The van der Waals surface area contributed by atoms with Gasteiger partial charge in [-0.1, -0.05) is 6.07 Å². The third-order valence-corrected chi connectivity index (χ3v) is 5.55. The molecule has 0 saturated carbocycles. The Kier molecular flexibility index (Phi) is 7.29. The van der Waals surface area contributed by atoms with Crippen molar-refractivity contribution < 1.29 is 32.4 Å². The molecule has 0 radical (unpaired) electrons. The molecular formula is C22H24F3N3O5. The lowest BCUT2D eigenvalue weighted by Gasteiger charge is -2.36. The second-order valence-electron chi connectivity index (χ2n) is 7.52. The van der Waals surface area contributed by atoms with Crippen LogP contribution in [0.1, 0.15) is 17.5 Å². The summed E-state index contributed by atoms with van der Waals surface area (Å²) in [5.41, 5.74) is -0.634. The Morgan fingerprint density at radius 1 is 1.03 bits per heavy atom. The van der Waals surface area contributed by atoms with Crippen molar-refractivity contribution in [3.63, 3.8) is 0 Å². The van der Waals surface area contributed by atoms with Gasteiger partial charge in [0.2, 0.25) is 5.91 Å². The van der Waals surface area contributed by atoms with Gasteiger partial charge in [0.1, 0.15) is 5.69 Å². The molecule has 0 bridgehead atoms. The molecule has 0 spiro atoms. The molecule has 33 heavy (non-hydrogen) atoms. The number of piperazine rings is 1. The van der Waals surface area contributed by atoms with Gasteiger partial charge >= 0.3 is 6.18 Å². The number of amides is 1. The van der Waals surface area contributed by atoms with Crippen LogP contribution in [0.25, 0.3) is 0 Å².